The molecule has 1 amide bonds. The minimum Gasteiger partial charge on any atom is -0.444 e. The fraction of sp³-hybridized carbons (Fsp3) is 0.529. The van der Waals surface area contributed by atoms with E-state index in [9.17, 15) is 4.79 Å². The van der Waals surface area contributed by atoms with Crippen molar-refractivity contribution in [1.82, 2.24) is 9.88 Å². The summed E-state index contributed by atoms with van der Waals surface area (Å²) in [6, 6.07) is 5.58. The van der Waals surface area contributed by atoms with Gasteiger partial charge in [0, 0.05) is 26.3 Å². The fourth-order valence-corrected chi connectivity index (χ4v) is 2.20. The molecule has 0 radical (unpaired) electrons. The summed E-state index contributed by atoms with van der Waals surface area (Å²) in [5.74, 6) is 6.15. The third-order valence-electron chi connectivity index (χ3n) is 3.36. The molecule has 1 aromatic rings. The Kier molecular flexibility index (Phi) is 4.72. The van der Waals surface area contributed by atoms with E-state index in [1.807, 2.05) is 39.0 Å². The highest BCUT2D eigenvalue weighted by Gasteiger charge is 2.40. The molecule has 1 aliphatic heterocycles. The molecule has 22 heavy (non-hydrogen) atoms. The van der Waals surface area contributed by atoms with Gasteiger partial charge in [-0.25, -0.2) is 9.78 Å². The number of nitrogens with zero attached hydrogens (tertiary/aromatic N) is 2. The molecule has 2 heterocycles. The summed E-state index contributed by atoms with van der Waals surface area (Å²) >= 11 is 0. The molecular formula is C17H22N2O3. The second kappa shape index (κ2) is 6.37. The average molecular weight is 302 g/mol. The molecule has 1 aliphatic rings. The van der Waals surface area contributed by atoms with Gasteiger partial charge in [0.05, 0.1) is 6.54 Å². The predicted octanol–water partition coefficient (Wildman–Crippen LogP) is 2.46. The lowest BCUT2D eigenvalue weighted by Gasteiger charge is -2.25. The lowest BCUT2D eigenvalue weighted by Crippen LogP contribution is -2.39. The van der Waals surface area contributed by atoms with Crippen LogP contribution in [0.5, 0.6) is 0 Å². The third kappa shape index (κ3) is 4.22. The van der Waals surface area contributed by atoms with Crippen LogP contribution in [-0.4, -0.2) is 47.4 Å². The number of carbonyl (C=O) groups excluding carboxylic acids is 1. The zero-order valence-corrected chi connectivity index (χ0v) is 13.5. The summed E-state index contributed by atoms with van der Waals surface area (Å²) < 4.78 is 11.0. The lowest BCUT2D eigenvalue weighted by atomic mass is 10.0. The number of amides is 1. The van der Waals surface area contributed by atoms with Gasteiger partial charge in [0.25, 0.3) is 0 Å². The summed E-state index contributed by atoms with van der Waals surface area (Å²) in [4.78, 5) is 17.9. The van der Waals surface area contributed by atoms with E-state index < -0.39 is 11.2 Å². The second-order valence-corrected chi connectivity index (χ2v) is 6.32. The molecule has 118 valence electrons. The highest BCUT2D eigenvalue weighted by Crippen LogP contribution is 2.25. The highest BCUT2D eigenvalue weighted by atomic mass is 16.6. The smallest absolute Gasteiger partial charge is 0.410 e. The molecule has 0 spiro atoms. The van der Waals surface area contributed by atoms with Crippen LogP contribution in [0, 0.1) is 11.8 Å². The van der Waals surface area contributed by atoms with Gasteiger partial charge in [0.2, 0.25) is 0 Å². The van der Waals surface area contributed by atoms with Crippen molar-refractivity contribution >= 4 is 6.09 Å². The molecule has 1 atom stereocenters. The molecule has 2 rings (SSSR count). The van der Waals surface area contributed by atoms with Crippen molar-refractivity contribution in [2.24, 2.45) is 0 Å². The summed E-state index contributed by atoms with van der Waals surface area (Å²) in [5.41, 5.74) is -0.474. The van der Waals surface area contributed by atoms with Crippen LogP contribution in [0.25, 0.3) is 0 Å². The summed E-state index contributed by atoms with van der Waals surface area (Å²) in [6.07, 6.45) is 2.03. The van der Waals surface area contributed by atoms with Crippen LogP contribution in [0.15, 0.2) is 24.4 Å². The van der Waals surface area contributed by atoms with Gasteiger partial charge in [0.1, 0.15) is 16.9 Å². The van der Waals surface area contributed by atoms with Crippen molar-refractivity contribution in [3.05, 3.63) is 30.1 Å². The Morgan fingerprint density at radius 2 is 2.18 bits per heavy atom. The molecule has 0 N–H and O–H groups in total. The Morgan fingerprint density at radius 3 is 2.77 bits per heavy atom. The van der Waals surface area contributed by atoms with Crippen molar-refractivity contribution < 1.29 is 14.3 Å². The van der Waals surface area contributed by atoms with Gasteiger partial charge in [-0.1, -0.05) is 12.0 Å². The van der Waals surface area contributed by atoms with Crippen molar-refractivity contribution in [2.45, 2.75) is 38.4 Å². The van der Waals surface area contributed by atoms with Gasteiger partial charge in [-0.15, -0.1) is 0 Å². The number of hydrogen-bond acceptors (Lipinski definition) is 4. The van der Waals surface area contributed by atoms with Gasteiger partial charge in [-0.2, -0.15) is 0 Å². The van der Waals surface area contributed by atoms with Crippen molar-refractivity contribution in [3.8, 4) is 11.8 Å². The summed E-state index contributed by atoms with van der Waals surface area (Å²) in [6.45, 7) is 6.53. The van der Waals surface area contributed by atoms with E-state index in [1.54, 1.807) is 18.2 Å². The number of rotatable bonds is 1. The maximum absolute atomic E-state index is 12.1. The number of carbonyl (C=O) groups is 1. The number of likely N-dealkylation sites (tertiary alicyclic amines) is 1. The van der Waals surface area contributed by atoms with Gasteiger partial charge in [-0.05, 0) is 38.8 Å². The predicted molar refractivity (Wildman–Crippen MR) is 83.3 cm³/mol. The molecule has 0 aliphatic carbocycles. The molecule has 0 bridgehead atoms. The normalized spacial score (nSPS) is 21.2. The van der Waals surface area contributed by atoms with E-state index in [4.69, 9.17) is 9.47 Å². The first-order valence-corrected chi connectivity index (χ1v) is 7.31. The van der Waals surface area contributed by atoms with Gasteiger partial charge >= 0.3 is 6.09 Å². The minimum absolute atomic E-state index is 0.328. The molecule has 0 aromatic carbocycles. The second-order valence-electron chi connectivity index (χ2n) is 6.32. The molecule has 1 unspecified atom stereocenters. The Morgan fingerprint density at radius 1 is 1.41 bits per heavy atom. The molecule has 0 saturated carbocycles. The first-order chi connectivity index (χ1) is 10.3. The SMILES string of the molecule is COC1(C#Cc2ccccn2)CCN(C(=O)OC(C)(C)C)C1. The maximum atomic E-state index is 12.1. The zero-order valence-electron chi connectivity index (χ0n) is 13.5. The van der Waals surface area contributed by atoms with Crippen LogP contribution in [0.2, 0.25) is 0 Å². The van der Waals surface area contributed by atoms with E-state index in [0.717, 1.165) is 0 Å². The first-order valence-electron chi connectivity index (χ1n) is 7.31. The molecular weight excluding hydrogens is 280 g/mol. The van der Waals surface area contributed by atoms with Crippen LogP contribution in [0.3, 0.4) is 0 Å². The monoisotopic (exact) mass is 302 g/mol. The summed E-state index contributed by atoms with van der Waals surface area (Å²) in [7, 11) is 1.62. The number of methoxy groups -OCH3 is 1. The Labute approximate surface area is 131 Å². The number of hydrogen-bond donors (Lipinski definition) is 0. The van der Waals surface area contributed by atoms with Crippen molar-refractivity contribution in [2.75, 3.05) is 20.2 Å². The van der Waals surface area contributed by atoms with Gasteiger partial charge < -0.3 is 14.4 Å². The topological polar surface area (TPSA) is 51.7 Å². The minimum atomic E-state index is -0.658. The van der Waals surface area contributed by atoms with E-state index in [-0.39, 0.29) is 6.09 Å². The van der Waals surface area contributed by atoms with Gasteiger partial charge in [-0.3, -0.25) is 0 Å². The molecule has 5 heteroatoms. The van der Waals surface area contributed by atoms with Crippen LogP contribution in [0.1, 0.15) is 32.9 Å². The van der Waals surface area contributed by atoms with E-state index >= 15 is 0 Å². The van der Waals surface area contributed by atoms with Crippen LogP contribution in [0.4, 0.5) is 4.79 Å². The average Bonchev–Trinajstić information content (AvgIpc) is 2.90. The van der Waals surface area contributed by atoms with E-state index in [1.165, 1.54) is 0 Å². The highest BCUT2D eigenvalue weighted by molar-refractivity contribution is 5.69. The zero-order chi connectivity index (χ0) is 16.2. The Balaban J connectivity index is 2.08. The third-order valence-corrected chi connectivity index (χ3v) is 3.36. The Hall–Kier alpha value is -2.06. The largest absolute Gasteiger partial charge is 0.444 e. The lowest BCUT2D eigenvalue weighted by molar-refractivity contribution is 0.0168. The fourth-order valence-electron chi connectivity index (χ4n) is 2.20. The van der Waals surface area contributed by atoms with E-state index in [0.29, 0.717) is 25.2 Å². The first kappa shape index (κ1) is 16.3. The maximum Gasteiger partial charge on any atom is 0.410 e. The molecule has 1 saturated heterocycles. The Bertz CT molecular complexity index is 583. The van der Waals surface area contributed by atoms with Crippen LogP contribution < -0.4 is 0 Å². The van der Waals surface area contributed by atoms with Gasteiger partial charge in [0.15, 0.2) is 0 Å². The molecule has 1 fully saturated rings. The number of pyridine rings is 1. The van der Waals surface area contributed by atoms with Crippen LogP contribution in [-0.2, 0) is 9.47 Å². The standard InChI is InChI=1S/C17H22N2O3/c1-16(2,3)22-15(20)19-12-10-17(13-19,21-4)9-8-14-7-5-6-11-18-14/h5-7,11H,10,12-13H2,1-4H3. The van der Waals surface area contributed by atoms with Crippen LogP contribution >= 0.6 is 0 Å². The van der Waals surface area contributed by atoms with Crippen molar-refractivity contribution in [3.63, 3.8) is 0 Å². The molecule has 5 nitrogen and oxygen atoms in total. The number of ether oxygens (including phenoxy) is 2. The van der Waals surface area contributed by atoms with E-state index in [2.05, 4.69) is 16.8 Å². The number of aromatic nitrogens is 1. The molecule has 1 aromatic heterocycles. The van der Waals surface area contributed by atoms with Crippen molar-refractivity contribution in [1.29, 1.82) is 0 Å². The summed E-state index contributed by atoms with van der Waals surface area (Å²) in [5, 5.41) is 0. The quantitative estimate of drug-likeness (QED) is 0.748.